The number of rotatable bonds is 5. The second kappa shape index (κ2) is 6.98. The fourth-order valence-electron chi connectivity index (χ4n) is 0.539. The van der Waals surface area contributed by atoms with Crippen molar-refractivity contribution < 1.29 is 24.5 Å². The lowest BCUT2D eigenvalue weighted by Gasteiger charge is -2.01. The van der Waals surface area contributed by atoms with Crippen LogP contribution in [0.5, 0.6) is 0 Å². The second-order valence-electron chi connectivity index (χ2n) is 1.95. The minimum atomic E-state index is -1.14. The van der Waals surface area contributed by atoms with E-state index in [1.54, 1.807) is 0 Å². The monoisotopic (exact) mass is 163 g/mol. The molecule has 0 spiro atoms. The summed E-state index contributed by atoms with van der Waals surface area (Å²) in [5.74, 6) is -2.28. The summed E-state index contributed by atoms with van der Waals surface area (Å²) in [5.41, 5.74) is 0. The van der Waals surface area contributed by atoms with Crippen molar-refractivity contribution in [2.75, 3.05) is 0 Å². The zero-order chi connectivity index (χ0) is 7.98. The molecule has 0 rings (SSSR count). The van der Waals surface area contributed by atoms with Crippen LogP contribution >= 0.6 is 0 Å². The van der Waals surface area contributed by atoms with Gasteiger partial charge in [0.05, 0.1) is 0 Å². The van der Waals surface area contributed by atoms with Crippen LogP contribution < -0.4 is 14.9 Å². The van der Waals surface area contributed by atoms with Gasteiger partial charge in [0.1, 0.15) is 0 Å². The first-order chi connectivity index (χ1) is 4.63. The molecule has 0 saturated heterocycles. The van der Waals surface area contributed by atoms with E-state index in [4.69, 9.17) is 0 Å². The Morgan fingerprint density at radius 1 is 0.909 bits per heavy atom. The molecule has 0 aromatic rings. The molecule has 0 aliphatic rings. The van der Waals surface area contributed by atoms with Crippen LogP contribution in [0.2, 0.25) is 0 Å². The van der Waals surface area contributed by atoms with Crippen LogP contribution in [-0.4, -0.2) is 11.9 Å². The van der Waals surface area contributed by atoms with Crippen LogP contribution in [0.4, 0.5) is 0 Å². The maximum absolute atomic E-state index is 9.77. The Hall–Kier alpha value is -1.13. The largest absolute Gasteiger partial charge is 1.00 e. The number of hydrogen-bond acceptors (Lipinski definition) is 4. The fraction of sp³-hybridized carbons (Fsp3) is 0.667. The Kier molecular flexibility index (Phi) is 7.96. The van der Waals surface area contributed by atoms with Gasteiger partial charge in [0.15, 0.2) is 0 Å². The van der Waals surface area contributed by atoms with Crippen LogP contribution in [0.25, 0.3) is 0 Å². The zero-order valence-electron chi connectivity index (χ0n) is 5.84. The average molecular weight is 163 g/mol. The van der Waals surface area contributed by atoms with Gasteiger partial charge in [-0.1, -0.05) is 0 Å². The van der Waals surface area contributed by atoms with Crippen molar-refractivity contribution in [2.45, 2.75) is 25.7 Å². The summed E-state index contributed by atoms with van der Waals surface area (Å²) >= 11 is 0. The Bertz CT molecular complexity index is 119. The molecule has 0 aromatic carbocycles. The molecular formula is C6H8FO4-3. The molecule has 0 aliphatic heterocycles. The lowest BCUT2D eigenvalue weighted by Crippen LogP contribution is -3.00. The van der Waals surface area contributed by atoms with Gasteiger partial charge in [-0.15, -0.1) is 0 Å². The first-order valence-corrected chi connectivity index (χ1v) is 3.02. The molecule has 5 heteroatoms. The van der Waals surface area contributed by atoms with E-state index in [1.165, 1.54) is 0 Å². The second-order valence-corrected chi connectivity index (χ2v) is 1.95. The topological polar surface area (TPSA) is 80.3 Å². The van der Waals surface area contributed by atoms with E-state index in [0.29, 0.717) is 12.8 Å². The lowest BCUT2D eigenvalue weighted by molar-refractivity contribution is -0.308. The van der Waals surface area contributed by atoms with Gasteiger partial charge in [-0.25, -0.2) is 0 Å². The van der Waals surface area contributed by atoms with Gasteiger partial charge in [-0.3, -0.25) is 0 Å². The highest BCUT2D eigenvalue weighted by molar-refractivity contribution is 5.65. The molecule has 0 radical (unpaired) electrons. The SMILES string of the molecule is O=C([O-])CCCCC(=O)[O-].[F-]. The van der Waals surface area contributed by atoms with Crippen molar-refractivity contribution in [2.24, 2.45) is 0 Å². The first kappa shape index (κ1) is 12.5. The van der Waals surface area contributed by atoms with Gasteiger partial charge in [-0.2, -0.15) is 0 Å². The summed E-state index contributed by atoms with van der Waals surface area (Å²) in [6, 6.07) is 0. The van der Waals surface area contributed by atoms with Gasteiger partial charge in [0.2, 0.25) is 0 Å². The molecule has 0 aromatic heterocycles. The van der Waals surface area contributed by atoms with Gasteiger partial charge >= 0.3 is 0 Å². The van der Waals surface area contributed by atoms with Crippen LogP contribution in [0.3, 0.4) is 0 Å². The lowest BCUT2D eigenvalue weighted by atomic mass is 10.2. The molecule has 0 N–H and O–H groups in total. The molecular weight excluding hydrogens is 155 g/mol. The number of carbonyl (C=O) groups is 2. The van der Waals surface area contributed by atoms with Gasteiger partial charge in [0.25, 0.3) is 0 Å². The first-order valence-electron chi connectivity index (χ1n) is 3.02. The molecule has 4 nitrogen and oxygen atoms in total. The average Bonchev–Trinajstić information content (AvgIpc) is 1.79. The van der Waals surface area contributed by atoms with Crippen molar-refractivity contribution in [3.8, 4) is 0 Å². The number of carboxylic acids is 2. The Morgan fingerprint density at radius 2 is 1.18 bits per heavy atom. The van der Waals surface area contributed by atoms with Crippen LogP contribution in [-0.2, 0) is 9.59 Å². The summed E-state index contributed by atoms with van der Waals surface area (Å²) in [7, 11) is 0. The molecule has 66 valence electrons. The summed E-state index contributed by atoms with van der Waals surface area (Å²) in [5, 5.41) is 19.5. The highest BCUT2D eigenvalue weighted by Gasteiger charge is 1.89. The third-order valence-electron chi connectivity index (χ3n) is 1.01. The molecule has 0 amide bonds. The Balaban J connectivity index is 0. The Labute approximate surface area is 63.2 Å². The number of unbranched alkanes of at least 4 members (excludes halogenated alkanes) is 1. The molecule has 0 saturated carbocycles. The van der Waals surface area contributed by atoms with Gasteiger partial charge < -0.3 is 24.5 Å². The molecule has 0 bridgehead atoms. The standard InChI is InChI=1S/C6H10O4.FH/c7-5(8)3-1-2-4-6(9)10;/h1-4H2,(H,7,8)(H,9,10);1H/p-3. The number of aliphatic carboxylic acids is 2. The number of carboxylic acid groups (broad SMARTS) is 2. The fourth-order valence-corrected chi connectivity index (χ4v) is 0.539. The highest BCUT2D eigenvalue weighted by Crippen LogP contribution is 1.96. The molecule has 0 fully saturated rings. The van der Waals surface area contributed by atoms with E-state index in [-0.39, 0.29) is 17.5 Å². The van der Waals surface area contributed by atoms with Crippen molar-refractivity contribution in [1.82, 2.24) is 0 Å². The third kappa shape index (κ3) is 12.1. The summed E-state index contributed by atoms with van der Waals surface area (Å²) < 4.78 is 0. The van der Waals surface area contributed by atoms with Crippen molar-refractivity contribution >= 4 is 11.9 Å². The summed E-state index contributed by atoms with van der Waals surface area (Å²) in [6.07, 6.45) is 0.535. The van der Waals surface area contributed by atoms with Crippen molar-refractivity contribution in [1.29, 1.82) is 0 Å². The van der Waals surface area contributed by atoms with E-state index < -0.39 is 11.9 Å². The maximum atomic E-state index is 9.77. The molecule has 0 aliphatic carbocycles. The maximum Gasteiger partial charge on any atom is 0.0414 e. The number of carbonyl (C=O) groups excluding carboxylic acids is 2. The van der Waals surface area contributed by atoms with E-state index in [2.05, 4.69) is 0 Å². The number of halogens is 1. The summed E-state index contributed by atoms with van der Waals surface area (Å²) in [4.78, 5) is 19.5. The molecule has 0 atom stereocenters. The van der Waals surface area contributed by atoms with E-state index in [0.717, 1.165) is 0 Å². The molecule has 11 heavy (non-hydrogen) atoms. The Morgan fingerprint density at radius 3 is 1.36 bits per heavy atom. The van der Waals surface area contributed by atoms with Gasteiger partial charge in [0, 0.05) is 11.9 Å². The third-order valence-corrected chi connectivity index (χ3v) is 1.01. The molecule has 0 heterocycles. The quantitative estimate of drug-likeness (QED) is 0.380. The minimum Gasteiger partial charge on any atom is -1.00 e. The predicted molar refractivity (Wildman–Crippen MR) is 28.5 cm³/mol. The smallest absolute Gasteiger partial charge is 0.0414 e. The van der Waals surface area contributed by atoms with Crippen molar-refractivity contribution in [3.05, 3.63) is 0 Å². The normalized spacial score (nSPS) is 8.36. The molecule has 0 unspecified atom stereocenters. The predicted octanol–water partition coefficient (Wildman–Crippen LogP) is -4.95. The van der Waals surface area contributed by atoms with E-state index in [1.807, 2.05) is 0 Å². The van der Waals surface area contributed by atoms with Crippen LogP contribution in [0, 0.1) is 0 Å². The van der Waals surface area contributed by atoms with Crippen LogP contribution in [0.15, 0.2) is 0 Å². The van der Waals surface area contributed by atoms with E-state index in [9.17, 15) is 19.8 Å². The van der Waals surface area contributed by atoms with Crippen molar-refractivity contribution in [3.63, 3.8) is 0 Å². The van der Waals surface area contributed by atoms with Crippen LogP contribution in [0.1, 0.15) is 25.7 Å². The highest BCUT2D eigenvalue weighted by atomic mass is 19.0. The zero-order valence-corrected chi connectivity index (χ0v) is 5.84. The van der Waals surface area contributed by atoms with E-state index >= 15 is 0 Å². The number of hydrogen-bond donors (Lipinski definition) is 0. The van der Waals surface area contributed by atoms with Gasteiger partial charge in [-0.05, 0) is 25.7 Å². The minimum absolute atomic E-state index is 0. The summed E-state index contributed by atoms with van der Waals surface area (Å²) in [6.45, 7) is 0.